The zero-order valence-corrected chi connectivity index (χ0v) is 18.0. The summed E-state index contributed by atoms with van der Waals surface area (Å²) in [5.74, 6) is 1.40. The number of likely N-dealkylation sites (tertiary alicyclic amines) is 2. The largest absolute Gasteiger partial charge is 0.454 e. The van der Waals surface area contributed by atoms with Crippen molar-refractivity contribution in [3.63, 3.8) is 0 Å². The van der Waals surface area contributed by atoms with Crippen molar-refractivity contribution < 1.29 is 23.5 Å². The van der Waals surface area contributed by atoms with Crippen molar-refractivity contribution in [1.82, 2.24) is 9.80 Å². The molecule has 6 nitrogen and oxygen atoms in total. The molecule has 2 amide bonds. The third-order valence-corrected chi connectivity index (χ3v) is 7.08. The van der Waals surface area contributed by atoms with Crippen molar-refractivity contribution in [1.29, 1.82) is 0 Å². The van der Waals surface area contributed by atoms with Gasteiger partial charge in [0.25, 0.3) is 0 Å². The Morgan fingerprint density at radius 1 is 1.03 bits per heavy atom. The number of piperidine rings is 1. The van der Waals surface area contributed by atoms with E-state index in [2.05, 4.69) is 0 Å². The standard InChI is InChI=1S/C25H27FN2O4/c26-20-4-2-1-3-19(20)16-28-24(30)9-10-25(28)11-13-27(14-12-25)23(29)8-6-18-5-7-21-22(15-18)32-17-31-21/h1-5,7,15H,6,8-14,16-17H2. The van der Waals surface area contributed by atoms with Gasteiger partial charge in [0.05, 0.1) is 0 Å². The third-order valence-electron chi connectivity index (χ3n) is 7.08. The molecule has 0 radical (unpaired) electrons. The Morgan fingerprint density at radius 2 is 1.81 bits per heavy atom. The number of carbonyl (C=O) groups is 2. The second kappa shape index (κ2) is 8.45. The second-order valence-corrected chi connectivity index (χ2v) is 8.86. The summed E-state index contributed by atoms with van der Waals surface area (Å²) in [7, 11) is 0. The monoisotopic (exact) mass is 438 g/mol. The fourth-order valence-electron chi connectivity index (χ4n) is 5.13. The van der Waals surface area contributed by atoms with E-state index in [4.69, 9.17) is 9.47 Å². The number of benzene rings is 2. The topological polar surface area (TPSA) is 59.1 Å². The molecule has 2 fully saturated rings. The van der Waals surface area contributed by atoms with Gasteiger partial charge in [0.15, 0.2) is 11.5 Å². The fourth-order valence-corrected chi connectivity index (χ4v) is 5.13. The zero-order valence-electron chi connectivity index (χ0n) is 18.0. The molecule has 2 saturated heterocycles. The van der Waals surface area contributed by atoms with Gasteiger partial charge in [0.1, 0.15) is 5.82 Å². The van der Waals surface area contributed by atoms with Gasteiger partial charge < -0.3 is 19.3 Å². The number of nitrogens with zero attached hydrogens (tertiary/aromatic N) is 2. The summed E-state index contributed by atoms with van der Waals surface area (Å²) < 4.78 is 24.9. The van der Waals surface area contributed by atoms with E-state index in [1.54, 1.807) is 18.2 Å². The first-order valence-corrected chi connectivity index (χ1v) is 11.2. The van der Waals surface area contributed by atoms with Crippen LogP contribution in [0.2, 0.25) is 0 Å². The van der Waals surface area contributed by atoms with Crippen LogP contribution in [0.5, 0.6) is 11.5 Å². The van der Waals surface area contributed by atoms with Crippen LogP contribution in [-0.4, -0.2) is 47.0 Å². The van der Waals surface area contributed by atoms with E-state index in [-0.39, 0.29) is 30.0 Å². The number of fused-ring (bicyclic) bond motifs is 1. The van der Waals surface area contributed by atoms with E-state index in [1.165, 1.54) is 6.07 Å². The van der Waals surface area contributed by atoms with Gasteiger partial charge in [0, 0.05) is 43.6 Å². The first-order valence-electron chi connectivity index (χ1n) is 11.2. The molecule has 32 heavy (non-hydrogen) atoms. The zero-order chi connectivity index (χ0) is 22.1. The molecule has 3 aliphatic rings. The smallest absolute Gasteiger partial charge is 0.231 e. The van der Waals surface area contributed by atoms with Crippen LogP contribution in [-0.2, 0) is 22.6 Å². The molecule has 7 heteroatoms. The van der Waals surface area contributed by atoms with Crippen LogP contribution in [0.4, 0.5) is 4.39 Å². The summed E-state index contributed by atoms with van der Waals surface area (Å²) in [5, 5.41) is 0. The van der Waals surface area contributed by atoms with E-state index >= 15 is 0 Å². The molecule has 0 bridgehead atoms. The molecule has 3 heterocycles. The average molecular weight is 438 g/mol. The van der Waals surface area contributed by atoms with Gasteiger partial charge in [0.2, 0.25) is 18.6 Å². The van der Waals surface area contributed by atoms with Gasteiger partial charge in [-0.2, -0.15) is 0 Å². The van der Waals surface area contributed by atoms with Crippen molar-refractivity contribution in [2.75, 3.05) is 19.9 Å². The Kier molecular flexibility index (Phi) is 5.49. The predicted molar refractivity (Wildman–Crippen MR) is 116 cm³/mol. The first-order chi connectivity index (χ1) is 15.5. The fraction of sp³-hybridized carbons (Fsp3) is 0.440. The highest BCUT2D eigenvalue weighted by Crippen LogP contribution is 2.40. The van der Waals surface area contributed by atoms with Gasteiger partial charge >= 0.3 is 0 Å². The van der Waals surface area contributed by atoms with Crippen molar-refractivity contribution in [2.24, 2.45) is 0 Å². The number of rotatable bonds is 5. The Labute approximate surface area is 186 Å². The maximum atomic E-state index is 14.2. The quantitative estimate of drug-likeness (QED) is 0.715. The minimum absolute atomic E-state index is 0.0795. The van der Waals surface area contributed by atoms with Gasteiger partial charge in [-0.1, -0.05) is 24.3 Å². The molecular weight excluding hydrogens is 411 g/mol. The van der Waals surface area contributed by atoms with Crippen LogP contribution < -0.4 is 9.47 Å². The van der Waals surface area contributed by atoms with Crippen LogP contribution >= 0.6 is 0 Å². The molecule has 0 aromatic heterocycles. The maximum absolute atomic E-state index is 14.2. The molecule has 2 aromatic carbocycles. The highest BCUT2D eigenvalue weighted by Gasteiger charge is 2.47. The number of halogens is 1. The molecule has 5 rings (SSSR count). The van der Waals surface area contributed by atoms with Crippen molar-refractivity contribution in [3.05, 3.63) is 59.4 Å². The lowest BCUT2D eigenvalue weighted by molar-refractivity contribution is -0.137. The predicted octanol–water partition coefficient (Wildman–Crippen LogP) is 3.67. The van der Waals surface area contributed by atoms with Gasteiger partial charge in [-0.15, -0.1) is 0 Å². The Bertz CT molecular complexity index is 1030. The summed E-state index contributed by atoms with van der Waals surface area (Å²) in [4.78, 5) is 29.2. The van der Waals surface area contributed by atoms with Gasteiger partial charge in [-0.3, -0.25) is 9.59 Å². The van der Waals surface area contributed by atoms with Crippen molar-refractivity contribution >= 4 is 11.8 Å². The van der Waals surface area contributed by atoms with Crippen LogP contribution in [0, 0.1) is 5.82 Å². The minimum Gasteiger partial charge on any atom is -0.454 e. The Hall–Kier alpha value is -3.09. The second-order valence-electron chi connectivity index (χ2n) is 8.86. The van der Waals surface area contributed by atoms with Crippen LogP contribution in [0.25, 0.3) is 0 Å². The number of hydrogen-bond acceptors (Lipinski definition) is 4. The molecule has 0 saturated carbocycles. The van der Waals surface area contributed by atoms with E-state index in [1.807, 2.05) is 28.0 Å². The van der Waals surface area contributed by atoms with Gasteiger partial charge in [-0.25, -0.2) is 4.39 Å². The average Bonchev–Trinajstić information content (AvgIpc) is 3.39. The van der Waals surface area contributed by atoms with E-state index in [9.17, 15) is 14.0 Å². The van der Waals surface area contributed by atoms with E-state index in [0.717, 1.165) is 36.3 Å². The lowest BCUT2D eigenvalue weighted by Gasteiger charge is -2.45. The molecular formula is C25H27FN2O4. The number of carbonyl (C=O) groups excluding carboxylic acids is 2. The Morgan fingerprint density at radius 3 is 2.62 bits per heavy atom. The first kappa shape index (κ1) is 20.8. The highest BCUT2D eigenvalue weighted by atomic mass is 19.1. The highest BCUT2D eigenvalue weighted by molar-refractivity contribution is 5.80. The summed E-state index contributed by atoms with van der Waals surface area (Å²) in [6.45, 7) is 1.79. The SMILES string of the molecule is O=C(CCc1ccc2c(c1)OCO2)N1CCC2(CCC(=O)N2Cc2ccccc2F)CC1. The van der Waals surface area contributed by atoms with Crippen molar-refractivity contribution in [2.45, 2.75) is 50.6 Å². The minimum atomic E-state index is -0.279. The molecule has 2 aromatic rings. The number of aryl methyl sites for hydroxylation is 1. The lowest BCUT2D eigenvalue weighted by atomic mass is 9.84. The van der Waals surface area contributed by atoms with Crippen LogP contribution in [0.15, 0.2) is 42.5 Å². The lowest BCUT2D eigenvalue weighted by Crippen LogP contribution is -2.53. The third kappa shape index (κ3) is 3.92. The number of amides is 2. The molecule has 3 aliphatic heterocycles. The summed E-state index contributed by atoms with van der Waals surface area (Å²) in [6, 6.07) is 12.4. The molecule has 168 valence electrons. The maximum Gasteiger partial charge on any atom is 0.231 e. The molecule has 1 spiro atoms. The van der Waals surface area contributed by atoms with Crippen LogP contribution in [0.1, 0.15) is 43.2 Å². The normalized spacial score (nSPS) is 19.1. The molecule has 0 atom stereocenters. The summed E-state index contributed by atoms with van der Waals surface area (Å²) >= 11 is 0. The van der Waals surface area contributed by atoms with Crippen molar-refractivity contribution in [3.8, 4) is 11.5 Å². The Balaban J connectivity index is 1.18. The molecule has 0 aliphatic carbocycles. The number of hydrogen-bond donors (Lipinski definition) is 0. The van der Waals surface area contributed by atoms with E-state index in [0.29, 0.717) is 44.5 Å². The number of ether oxygens (including phenoxy) is 2. The van der Waals surface area contributed by atoms with Gasteiger partial charge in [-0.05, 0) is 49.4 Å². The summed E-state index contributed by atoms with van der Waals surface area (Å²) in [5.41, 5.74) is 1.32. The molecule has 0 N–H and O–H groups in total. The van der Waals surface area contributed by atoms with E-state index < -0.39 is 0 Å². The van der Waals surface area contributed by atoms with Crippen LogP contribution in [0.3, 0.4) is 0 Å². The summed E-state index contributed by atoms with van der Waals surface area (Å²) in [6.07, 6.45) is 3.83. The molecule has 0 unspecified atom stereocenters.